The number of amides is 1. The highest BCUT2D eigenvalue weighted by molar-refractivity contribution is 7.17. The number of nitrogens with one attached hydrogen (secondary N) is 1. The number of rotatable bonds is 4. The first-order valence-corrected chi connectivity index (χ1v) is 8.14. The van der Waals surface area contributed by atoms with Crippen LogP contribution in [0.15, 0.2) is 48.8 Å². The molecule has 1 aromatic carbocycles. The topological polar surface area (TPSA) is 78.7 Å². The Kier molecular flexibility index (Phi) is 4.64. The van der Waals surface area contributed by atoms with E-state index in [9.17, 15) is 4.79 Å². The highest BCUT2D eigenvalue weighted by Crippen LogP contribution is 2.28. The van der Waals surface area contributed by atoms with E-state index in [1.54, 1.807) is 24.5 Å². The molecular formula is C18H14N4OS. The lowest BCUT2D eigenvalue weighted by molar-refractivity contribution is 0.103. The maximum atomic E-state index is 12.5. The van der Waals surface area contributed by atoms with Crippen molar-refractivity contribution in [2.24, 2.45) is 0 Å². The van der Waals surface area contributed by atoms with Crippen molar-refractivity contribution in [3.8, 4) is 16.6 Å². The highest BCUT2D eigenvalue weighted by atomic mass is 32.1. The van der Waals surface area contributed by atoms with Crippen molar-refractivity contribution in [3.63, 3.8) is 0 Å². The molecule has 1 N–H and O–H groups in total. The number of hydrogen-bond donors (Lipinski definition) is 1. The van der Waals surface area contributed by atoms with Gasteiger partial charge in [-0.3, -0.25) is 9.78 Å². The van der Waals surface area contributed by atoms with Crippen LogP contribution in [0.25, 0.3) is 10.6 Å². The van der Waals surface area contributed by atoms with E-state index in [-0.39, 0.29) is 5.91 Å². The summed E-state index contributed by atoms with van der Waals surface area (Å²) in [5.74, 6) is -0.187. The van der Waals surface area contributed by atoms with Gasteiger partial charge in [-0.05, 0) is 36.8 Å². The van der Waals surface area contributed by atoms with E-state index in [1.165, 1.54) is 11.3 Å². The number of aromatic nitrogens is 2. The summed E-state index contributed by atoms with van der Waals surface area (Å²) in [6, 6.07) is 13.1. The fourth-order valence-electron chi connectivity index (χ4n) is 2.20. The summed E-state index contributed by atoms with van der Waals surface area (Å²) < 4.78 is 0. The lowest BCUT2D eigenvalue weighted by Gasteiger charge is -2.04. The minimum absolute atomic E-state index is 0.187. The molecule has 0 radical (unpaired) electrons. The van der Waals surface area contributed by atoms with Crippen molar-refractivity contribution in [3.05, 3.63) is 64.9 Å². The van der Waals surface area contributed by atoms with Crippen molar-refractivity contribution in [1.82, 2.24) is 9.97 Å². The molecule has 0 unspecified atom stereocenters. The van der Waals surface area contributed by atoms with E-state index in [0.29, 0.717) is 22.7 Å². The number of pyridine rings is 1. The minimum atomic E-state index is -0.187. The van der Waals surface area contributed by atoms with Gasteiger partial charge in [0.2, 0.25) is 0 Å². The van der Waals surface area contributed by atoms with Crippen LogP contribution >= 0.6 is 11.3 Å². The Hall–Kier alpha value is -3.04. The van der Waals surface area contributed by atoms with E-state index >= 15 is 0 Å². The fourth-order valence-corrected chi connectivity index (χ4v) is 3.16. The first kappa shape index (κ1) is 15.8. The molecule has 2 aromatic heterocycles. The van der Waals surface area contributed by atoms with E-state index in [2.05, 4.69) is 21.4 Å². The molecule has 3 aromatic rings. The summed E-state index contributed by atoms with van der Waals surface area (Å²) in [5.41, 5.74) is 3.20. The van der Waals surface area contributed by atoms with Crippen LogP contribution < -0.4 is 5.32 Å². The molecule has 0 saturated carbocycles. The average Bonchev–Trinajstić information content (AvgIpc) is 3.00. The largest absolute Gasteiger partial charge is 0.321 e. The quantitative estimate of drug-likeness (QED) is 0.786. The van der Waals surface area contributed by atoms with Crippen LogP contribution in [-0.2, 0) is 6.42 Å². The number of hydrogen-bond acceptors (Lipinski definition) is 5. The van der Waals surface area contributed by atoms with E-state index < -0.39 is 0 Å². The summed E-state index contributed by atoms with van der Waals surface area (Å²) in [4.78, 5) is 21.6. The molecule has 0 atom stereocenters. The summed E-state index contributed by atoms with van der Waals surface area (Å²) in [7, 11) is 0. The Bertz CT molecular complexity index is 895. The highest BCUT2D eigenvalue weighted by Gasteiger charge is 2.16. The summed E-state index contributed by atoms with van der Waals surface area (Å²) in [6.45, 7) is 1.82. The predicted molar refractivity (Wildman–Crippen MR) is 93.8 cm³/mol. The number of thiazole rings is 1. The Morgan fingerprint density at radius 1 is 1.29 bits per heavy atom. The van der Waals surface area contributed by atoms with Crippen LogP contribution in [0.2, 0.25) is 0 Å². The lowest BCUT2D eigenvalue weighted by atomic mass is 10.1. The second-order valence-corrected chi connectivity index (χ2v) is 6.16. The van der Waals surface area contributed by atoms with E-state index in [1.807, 2.05) is 31.2 Å². The smallest absolute Gasteiger partial charge is 0.267 e. The third-order valence-electron chi connectivity index (χ3n) is 3.41. The molecule has 0 aliphatic carbocycles. The maximum absolute atomic E-state index is 12.5. The van der Waals surface area contributed by atoms with Crippen LogP contribution in [0, 0.1) is 18.3 Å². The van der Waals surface area contributed by atoms with Gasteiger partial charge >= 0.3 is 0 Å². The van der Waals surface area contributed by atoms with Gasteiger partial charge in [0.15, 0.2) is 0 Å². The minimum Gasteiger partial charge on any atom is -0.321 e. The number of carbonyl (C=O) groups is 1. The zero-order chi connectivity index (χ0) is 16.9. The summed E-state index contributed by atoms with van der Waals surface area (Å²) >= 11 is 1.35. The van der Waals surface area contributed by atoms with E-state index in [0.717, 1.165) is 16.1 Å². The molecule has 3 rings (SSSR count). The van der Waals surface area contributed by atoms with Crippen molar-refractivity contribution in [1.29, 1.82) is 5.26 Å². The second kappa shape index (κ2) is 7.02. The zero-order valence-corrected chi connectivity index (χ0v) is 13.8. The normalized spacial score (nSPS) is 10.2. The maximum Gasteiger partial charge on any atom is 0.267 e. The number of anilines is 1. The molecule has 6 heteroatoms. The molecular weight excluding hydrogens is 320 g/mol. The SMILES string of the molecule is Cc1nc(-c2cccnc2)sc1C(=O)Nc1ccc(CC#N)cc1. The molecule has 1 amide bonds. The summed E-state index contributed by atoms with van der Waals surface area (Å²) in [6.07, 6.45) is 3.79. The standard InChI is InChI=1S/C18H14N4OS/c1-12-16(24-18(21-12)14-3-2-10-20-11-14)17(23)22-15-6-4-13(5-7-15)8-9-19/h2-7,10-11H,8H2,1H3,(H,22,23). The van der Waals surface area contributed by atoms with Gasteiger partial charge in [-0.25, -0.2) is 4.98 Å². The number of aryl methyl sites for hydroxylation is 1. The van der Waals surface area contributed by atoms with Gasteiger partial charge in [0.1, 0.15) is 9.88 Å². The van der Waals surface area contributed by atoms with Crippen molar-refractivity contribution < 1.29 is 4.79 Å². The van der Waals surface area contributed by atoms with Crippen LogP contribution in [0.4, 0.5) is 5.69 Å². The van der Waals surface area contributed by atoms with Gasteiger partial charge in [0.05, 0.1) is 18.2 Å². The Balaban J connectivity index is 1.78. The Morgan fingerprint density at radius 3 is 2.75 bits per heavy atom. The molecule has 0 bridgehead atoms. The number of benzene rings is 1. The van der Waals surface area contributed by atoms with Gasteiger partial charge in [-0.15, -0.1) is 11.3 Å². The van der Waals surface area contributed by atoms with Gasteiger partial charge < -0.3 is 5.32 Å². The van der Waals surface area contributed by atoms with Crippen LogP contribution in [-0.4, -0.2) is 15.9 Å². The third-order valence-corrected chi connectivity index (χ3v) is 4.61. The molecule has 118 valence electrons. The van der Waals surface area contributed by atoms with Crippen molar-refractivity contribution in [2.45, 2.75) is 13.3 Å². The number of carbonyl (C=O) groups excluding carboxylic acids is 1. The molecule has 0 fully saturated rings. The van der Waals surface area contributed by atoms with Gasteiger partial charge in [0, 0.05) is 23.6 Å². The first-order valence-electron chi connectivity index (χ1n) is 7.32. The molecule has 0 aliphatic rings. The Morgan fingerprint density at radius 2 is 2.08 bits per heavy atom. The van der Waals surface area contributed by atoms with Crippen LogP contribution in [0.1, 0.15) is 20.9 Å². The van der Waals surface area contributed by atoms with Crippen LogP contribution in [0.3, 0.4) is 0 Å². The van der Waals surface area contributed by atoms with Crippen molar-refractivity contribution in [2.75, 3.05) is 5.32 Å². The van der Waals surface area contributed by atoms with Crippen molar-refractivity contribution >= 4 is 22.9 Å². The van der Waals surface area contributed by atoms with E-state index in [4.69, 9.17) is 5.26 Å². The second-order valence-electron chi connectivity index (χ2n) is 5.16. The molecule has 0 aliphatic heterocycles. The van der Waals surface area contributed by atoms with Crippen LogP contribution in [0.5, 0.6) is 0 Å². The number of nitrogens with zero attached hydrogens (tertiary/aromatic N) is 3. The molecule has 5 nitrogen and oxygen atoms in total. The molecule has 24 heavy (non-hydrogen) atoms. The molecule has 0 saturated heterocycles. The van der Waals surface area contributed by atoms with Gasteiger partial charge in [-0.2, -0.15) is 5.26 Å². The molecule has 0 spiro atoms. The predicted octanol–water partition coefficient (Wildman–Crippen LogP) is 3.83. The molecule has 2 heterocycles. The van der Waals surface area contributed by atoms with Gasteiger partial charge in [-0.1, -0.05) is 12.1 Å². The number of nitriles is 1. The van der Waals surface area contributed by atoms with Gasteiger partial charge in [0.25, 0.3) is 5.91 Å². The third kappa shape index (κ3) is 3.47. The monoisotopic (exact) mass is 334 g/mol. The average molecular weight is 334 g/mol. The lowest BCUT2D eigenvalue weighted by Crippen LogP contribution is -2.11. The Labute approximate surface area is 143 Å². The fraction of sp³-hybridized carbons (Fsp3) is 0.111. The summed E-state index contributed by atoms with van der Waals surface area (Å²) in [5, 5.41) is 12.3. The zero-order valence-electron chi connectivity index (χ0n) is 13.0. The first-order chi connectivity index (χ1) is 11.7.